The maximum absolute atomic E-state index is 11.9. The summed E-state index contributed by atoms with van der Waals surface area (Å²) >= 11 is 3.56. The van der Waals surface area contributed by atoms with Crippen LogP contribution in [0.2, 0.25) is 0 Å². The van der Waals surface area contributed by atoms with Crippen molar-refractivity contribution in [3.05, 3.63) is 27.7 Å². The summed E-state index contributed by atoms with van der Waals surface area (Å²) in [7, 11) is 0. The minimum Gasteiger partial charge on any atom is -0.493 e. The fourth-order valence-electron chi connectivity index (χ4n) is 2.81. The van der Waals surface area contributed by atoms with E-state index in [2.05, 4.69) is 33.4 Å². The molecular weight excluding hydrogens is 360 g/mol. The quantitative estimate of drug-likeness (QED) is 0.872. The third-order valence-corrected chi connectivity index (χ3v) is 4.40. The standard InChI is InChI=1S/C17H23BrN2O3/c1-17(2,3)23-16(21)20-9-14(10-20)19-8-12-7-13(18)6-11-4-5-22-15(11)12/h6-7,14,19H,4-5,8-10H2,1-3H3. The molecule has 3 rings (SSSR count). The summed E-state index contributed by atoms with van der Waals surface area (Å²) in [4.78, 5) is 13.6. The van der Waals surface area contributed by atoms with E-state index in [4.69, 9.17) is 9.47 Å². The van der Waals surface area contributed by atoms with Gasteiger partial charge in [-0.15, -0.1) is 0 Å². The number of carbonyl (C=O) groups is 1. The molecule has 2 heterocycles. The van der Waals surface area contributed by atoms with Crippen molar-refractivity contribution in [3.63, 3.8) is 0 Å². The fraction of sp³-hybridized carbons (Fsp3) is 0.588. The third kappa shape index (κ3) is 3.98. The van der Waals surface area contributed by atoms with Crippen molar-refractivity contribution in [2.24, 2.45) is 0 Å². The van der Waals surface area contributed by atoms with Crippen LogP contribution in [0, 0.1) is 0 Å². The number of benzene rings is 1. The molecule has 6 heteroatoms. The summed E-state index contributed by atoms with van der Waals surface area (Å²) < 4.78 is 12.2. The van der Waals surface area contributed by atoms with E-state index >= 15 is 0 Å². The minimum absolute atomic E-state index is 0.234. The van der Waals surface area contributed by atoms with Gasteiger partial charge in [-0.2, -0.15) is 0 Å². The van der Waals surface area contributed by atoms with E-state index in [-0.39, 0.29) is 6.09 Å². The molecule has 0 radical (unpaired) electrons. The predicted molar refractivity (Wildman–Crippen MR) is 91.8 cm³/mol. The Morgan fingerprint density at radius 2 is 2.17 bits per heavy atom. The van der Waals surface area contributed by atoms with E-state index in [0.717, 1.165) is 29.8 Å². The predicted octanol–water partition coefficient (Wildman–Crippen LogP) is 3.09. The van der Waals surface area contributed by atoms with Crippen LogP contribution in [0.25, 0.3) is 0 Å². The highest BCUT2D eigenvalue weighted by atomic mass is 79.9. The van der Waals surface area contributed by atoms with Crippen LogP contribution >= 0.6 is 15.9 Å². The monoisotopic (exact) mass is 382 g/mol. The molecule has 126 valence electrons. The molecule has 2 aliphatic heterocycles. The second kappa shape index (κ2) is 6.32. The molecule has 1 aromatic carbocycles. The van der Waals surface area contributed by atoms with E-state index in [0.29, 0.717) is 19.1 Å². The van der Waals surface area contributed by atoms with Crippen molar-refractivity contribution >= 4 is 22.0 Å². The Kier molecular flexibility index (Phi) is 4.56. The minimum atomic E-state index is -0.441. The first-order valence-electron chi connectivity index (χ1n) is 7.97. The Labute approximate surface area is 145 Å². The van der Waals surface area contributed by atoms with Gasteiger partial charge in [0.15, 0.2) is 0 Å². The van der Waals surface area contributed by atoms with Crippen LogP contribution in [0.1, 0.15) is 31.9 Å². The summed E-state index contributed by atoms with van der Waals surface area (Å²) in [6.07, 6.45) is 0.736. The number of rotatable bonds is 3. The average Bonchev–Trinajstić information content (AvgIpc) is 2.82. The molecule has 1 amide bonds. The topological polar surface area (TPSA) is 50.8 Å². The van der Waals surface area contributed by atoms with E-state index in [1.807, 2.05) is 20.8 Å². The Morgan fingerprint density at radius 1 is 1.43 bits per heavy atom. The second-order valence-corrected chi connectivity index (χ2v) is 8.03. The zero-order valence-corrected chi connectivity index (χ0v) is 15.4. The zero-order valence-electron chi connectivity index (χ0n) is 13.8. The summed E-state index contributed by atoms with van der Waals surface area (Å²) in [5.41, 5.74) is 1.99. The molecule has 0 atom stereocenters. The number of hydrogen-bond acceptors (Lipinski definition) is 4. The van der Waals surface area contributed by atoms with Gasteiger partial charge in [0, 0.05) is 42.1 Å². The van der Waals surface area contributed by atoms with Gasteiger partial charge in [0.05, 0.1) is 6.61 Å². The largest absolute Gasteiger partial charge is 0.493 e. The van der Waals surface area contributed by atoms with Crippen LogP contribution in [0.4, 0.5) is 4.79 Å². The molecular formula is C17H23BrN2O3. The highest BCUT2D eigenvalue weighted by Gasteiger charge is 2.33. The van der Waals surface area contributed by atoms with Crippen molar-refractivity contribution in [2.75, 3.05) is 19.7 Å². The van der Waals surface area contributed by atoms with Crippen molar-refractivity contribution in [3.8, 4) is 5.75 Å². The summed E-state index contributed by atoms with van der Waals surface area (Å²) in [5.74, 6) is 1.02. The average molecular weight is 383 g/mol. The Morgan fingerprint density at radius 3 is 2.87 bits per heavy atom. The zero-order chi connectivity index (χ0) is 16.6. The number of amides is 1. The molecule has 0 spiro atoms. The van der Waals surface area contributed by atoms with E-state index in [9.17, 15) is 4.79 Å². The van der Waals surface area contributed by atoms with Crippen LogP contribution in [0.15, 0.2) is 16.6 Å². The van der Waals surface area contributed by atoms with Gasteiger partial charge in [0.1, 0.15) is 11.4 Å². The normalized spacial score (nSPS) is 17.5. The molecule has 0 unspecified atom stereocenters. The first-order chi connectivity index (χ1) is 10.8. The lowest BCUT2D eigenvalue weighted by atomic mass is 10.1. The number of halogens is 1. The van der Waals surface area contributed by atoms with Gasteiger partial charge in [0.2, 0.25) is 0 Å². The lowest BCUT2D eigenvalue weighted by molar-refractivity contribution is 0.00516. The van der Waals surface area contributed by atoms with Crippen molar-refractivity contribution < 1.29 is 14.3 Å². The van der Waals surface area contributed by atoms with Gasteiger partial charge in [-0.1, -0.05) is 15.9 Å². The second-order valence-electron chi connectivity index (χ2n) is 7.11. The van der Waals surface area contributed by atoms with E-state index < -0.39 is 5.60 Å². The SMILES string of the molecule is CC(C)(C)OC(=O)N1CC(NCc2cc(Br)cc3c2OCC3)C1. The first kappa shape index (κ1) is 16.6. The Balaban J connectivity index is 1.50. The van der Waals surface area contributed by atoms with Crippen LogP contribution in [-0.2, 0) is 17.7 Å². The maximum atomic E-state index is 11.9. The highest BCUT2D eigenvalue weighted by Crippen LogP contribution is 2.33. The molecule has 1 fully saturated rings. The molecule has 1 saturated heterocycles. The van der Waals surface area contributed by atoms with Crippen LogP contribution in [0.5, 0.6) is 5.75 Å². The van der Waals surface area contributed by atoms with E-state index in [1.54, 1.807) is 4.90 Å². The van der Waals surface area contributed by atoms with Crippen molar-refractivity contribution in [1.82, 2.24) is 10.2 Å². The van der Waals surface area contributed by atoms with Gasteiger partial charge in [-0.25, -0.2) is 4.79 Å². The molecule has 2 aliphatic rings. The van der Waals surface area contributed by atoms with Crippen LogP contribution < -0.4 is 10.1 Å². The fourth-order valence-corrected chi connectivity index (χ4v) is 3.37. The molecule has 0 aromatic heterocycles. The van der Waals surface area contributed by atoms with Crippen molar-refractivity contribution in [1.29, 1.82) is 0 Å². The van der Waals surface area contributed by atoms with Crippen molar-refractivity contribution in [2.45, 2.75) is 45.4 Å². The molecule has 0 bridgehead atoms. The molecule has 5 nitrogen and oxygen atoms in total. The molecule has 1 aromatic rings. The number of nitrogens with zero attached hydrogens (tertiary/aromatic N) is 1. The number of ether oxygens (including phenoxy) is 2. The molecule has 0 aliphatic carbocycles. The van der Waals surface area contributed by atoms with Gasteiger partial charge < -0.3 is 19.7 Å². The number of likely N-dealkylation sites (tertiary alicyclic amines) is 1. The number of nitrogens with one attached hydrogen (secondary N) is 1. The molecule has 1 N–H and O–H groups in total. The Bertz CT molecular complexity index is 607. The van der Waals surface area contributed by atoms with Gasteiger partial charge in [0.25, 0.3) is 0 Å². The van der Waals surface area contributed by atoms with Crippen LogP contribution in [0.3, 0.4) is 0 Å². The maximum Gasteiger partial charge on any atom is 0.410 e. The first-order valence-corrected chi connectivity index (χ1v) is 8.76. The van der Waals surface area contributed by atoms with Crippen LogP contribution in [-0.4, -0.2) is 42.3 Å². The lowest BCUT2D eigenvalue weighted by Gasteiger charge is -2.40. The summed E-state index contributed by atoms with van der Waals surface area (Å²) in [6.45, 7) is 8.53. The van der Waals surface area contributed by atoms with Gasteiger partial charge in [-0.05, 0) is 38.5 Å². The number of fused-ring (bicyclic) bond motifs is 1. The third-order valence-electron chi connectivity index (χ3n) is 3.94. The van der Waals surface area contributed by atoms with E-state index in [1.165, 1.54) is 11.1 Å². The smallest absolute Gasteiger partial charge is 0.410 e. The summed E-state index contributed by atoms with van der Waals surface area (Å²) in [6, 6.07) is 4.53. The highest BCUT2D eigenvalue weighted by molar-refractivity contribution is 9.10. The number of carbonyl (C=O) groups excluding carboxylic acids is 1. The molecule has 0 saturated carbocycles. The lowest BCUT2D eigenvalue weighted by Crippen LogP contribution is -2.60. The summed E-state index contributed by atoms with van der Waals surface area (Å²) in [5, 5.41) is 3.49. The van der Waals surface area contributed by atoms with Gasteiger partial charge in [-0.3, -0.25) is 0 Å². The molecule has 23 heavy (non-hydrogen) atoms. The Hall–Kier alpha value is -1.27. The van der Waals surface area contributed by atoms with Gasteiger partial charge >= 0.3 is 6.09 Å². The number of hydrogen-bond donors (Lipinski definition) is 1.